The number of aromatic amines is 1. The molecule has 0 radical (unpaired) electrons. The monoisotopic (exact) mass is 325 g/mol. The zero-order chi connectivity index (χ0) is 16.8. The molecule has 0 aliphatic rings. The average Bonchev–Trinajstić information content (AvgIpc) is 3.06. The van der Waals surface area contributed by atoms with Crippen molar-refractivity contribution in [3.05, 3.63) is 67.0 Å². The molecular weight excluding hydrogens is 310 g/mol. The van der Waals surface area contributed by atoms with Crippen LogP contribution in [0, 0.1) is 0 Å². The van der Waals surface area contributed by atoms with Crippen LogP contribution in [-0.4, -0.2) is 22.1 Å². The van der Waals surface area contributed by atoms with Gasteiger partial charge in [-0.25, -0.2) is 0 Å². The van der Waals surface area contributed by atoms with Crippen molar-refractivity contribution in [2.24, 2.45) is 0 Å². The first-order valence-corrected chi connectivity index (χ1v) is 8.14. The zero-order valence-corrected chi connectivity index (χ0v) is 13.7. The first-order valence-electron chi connectivity index (χ1n) is 8.14. The number of pyridine rings is 2. The zero-order valence-electron chi connectivity index (χ0n) is 13.7. The molecule has 3 heterocycles. The number of ether oxygens (including phenoxy) is 1. The lowest BCUT2D eigenvalue weighted by molar-refractivity contribution is 0.415. The van der Waals surface area contributed by atoms with Crippen molar-refractivity contribution < 1.29 is 4.74 Å². The van der Waals surface area contributed by atoms with Crippen molar-refractivity contribution in [3.8, 4) is 17.0 Å². The smallest absolute Gasteiger partial charge is 0.121 e. The number of hydrogen-bond donors (Lipinski definition) is 1. The number of nitrogens with one attached hydrogen (secondary N) is 1. The maximum absolute atomic E-state index is 5.32. The molecule has 0 aliphatic carbocycles. The van der Waals surface area contributed by atoms with E-state index in [0.29, 0.717) is 0 Å². The second-order valence-electron chi connectivity index (χ2n) is 5.99. The van der Waals surface area contributed by atoms with E-state index in [4.69, 9.17) is 4.74 Å². The minimum atomic E-state index is 0.800. The number of hydrogen-bond acceptors (Lipinski definition) is 3. The van der Waals surface area contributed by atoms with E-state index in [0.717, 1.165) is 38.9 Å². The lowest BCUT2D eigenvalue weighted by Gasteiger charge is -2.08. The maximum atomic E-state index is 5.32. The number of benzene rings is 2. The first kappa shape index (κ1) is 14.0. The van der Waals surface area contributed by atoms with E-state index in [1.54, 1.807) is 7.11 Å². The summed E-state index contributed by atoms with van der Waals surface area (Å²) in [6.07, 6.45) is 3.69. The minimum absolute atomic E-state index is 0.800. The summed E-state index contributed by atoms with van der Waals surface area (Å²) < 4.78 is 5.32. The Labute approximate surface area is 144 Å². The third kappa shape index (κ3) is 2.08. The van der Waals surface area contributed by atoms with Gasteiger partial charge in [-0.3, -0.25) is 9.97 Å². The molecule has 2 aromatic carbocycles. The van der Waals surface area contributed by atoms with Crippen molar-refractivity contribution in [1.29, 1.82) is 0 Å². The standard InChI is InChI=1S/C21H15N3O/c1-25-13-6-7-15-16(8-10-22-19(15)12-13)20-21-17(9-11-23-20)14-4-2-3-5-18(14)24-21/h2-12,24H,1H3. The Balaban J connectivity index is 1.85. The summed E-state index contributed by atoms with van der Waals surface area (Å²) >= 11 is 0. The Morgan fingerprint density at radius 1 is 0.840 bits per heavy atom. The summed E-state index contributed by atoms with van der Waals surface area (Å²) in [4.78, 5) is 12.7. The molecule has 0 fully saturated rings. The normalized spacial score (nSPS) is 11.4. The summed E-state index contributed by atoms with van der Waals surface area (Å²) in [6.45, 7) is 0. The van der Waals surface area contributed by atoms with Gasteiger partial charge in [0.05, 0.1) is 23.8 Å². The highest BCUT2D eigenvalue weighted by molar-refractivity contribution is 6.12. The van der Waals surface area contributed by atoms with Crippen molar-refractivity contribution >= 4 is 32.7 Å². The van der Waals surface area contributed by atoms with Gasteiger partial charge in [-0.15, -0.1) is 0 Å². The van der Waals surface area contributed by atoms with Crippen molar-refractivity contribution in [2.45, 2.75) is 0 Å². The highest BCUT2D eigenvalue weighted by Crippen LogP contribution is 2.35. The molecule has 0 aliphatic heterocycles. The third-order valence-corrected chi connectivity index (χ3v) is 4.63. The summed E-state index contributed by atoms with van der Waals surface area (Å²) in [5.41, 5.74) is 5.06. The van der Waals surface area contributed by atoms with Crippen molar-refractivity contribution in [1.82, 2.24) is 15.0 Å². The van der Waals surface area contributed by atoms with E-state index in [-0.39, 0.29) is 0 Å². The van der Waals surface area contributed by atoms with Crippen LogP contribution in [0.3, 0.4) is 0 Å². The van der Waals surface area contributed by atoms with Crippen LogP contribution >= 0.6 is 0 Å². The molecular formula is C21H15N3O. The maximum Gasteiger partial charge on any atom is 0.121 e. The van der Waals surface area contributed by atoms with Crippen LogP contribution in [0.4, 0.5) is 0 Å². The van der Waals surface area contributed by atoms with Gasteiger partial charge >= 0.3 is 0 Å². The molecule has 0 atom stereocenters. The SMILES string of the molecule is COc1ccc2c(-c3nccc4c3[nH]c3ccccc34)ccnc2c1. The first-order chi connectivity index (χ1) is 12.3. The highest BCUT2D eigenvalue weighted by atomic mass is 16.5. The molecule has 4 nitrogen and oxygen atoms in total. The second-order valence-corrected chi connectivity index (χ2v) is 5.99. The van der Waals surface area contributed by atoms with Crippen LogP contribution in [0.25, 0.3) is 44.0 Å². The van der Waals surface area contributed by atoms with Crippen LogP contribution in [-0.2, 0) is 0 Å². The summed E-state index contributed by atoms with van der Waals surface area (Å²) in [7, 11) is 1.66. The van der Waals surface area contributed by atoms with Crippen LogP contribution in [0.2, 0.25) is 0 Å². The number of aromatic nitrogens is 3. The second kappa shape index (κ2) is 5.31. The van der Waals surface area contributed by atoms with E-state index in [1.165, 1.54) is 10.8 Å². The number of fused-ring (bicyclic) bond motifs is 4. The van der Waals surface area contributed by atoms with Gasteiger partial charge in [0.2, 0.25) is 0 Å². The van der Waals surface area contributed by atoms with Gasteiger partial charge in [0.15, 0.2) is 0 Å². The Morgan fingerprint density at radius 2 is 1.72 bits per heavy atom. The molecule has 3 aromatic heterocycles. The molecule has 0 unspecified atom stereocenters. The van der Waals surface area contributed by atoms with E-state index < -0.39 is 0 Å². The molecule has 0 saturated heterocycles. The summed E-state index contributed by atoms with van der Waals surface area (Å²) in [5, 5.41) is 3.45. The lowest BCUT2D eigenvalue weighted by atomic mass is 10.0. The van der Waals surface area contributed by atoms with Crippen molar-refractivity contribution in [2.75, 3.05) is 7.11 Å². The fourth-order valence-electron chi connectivity index (χ4n) is 3.44. The van der Waals surface area contributed by atoms with Gasteiger partial charge in [-0.05, 0) is 30.3 Å². The fourth-order valence-corrected chi connectivity index (χ4v) is 3.44. The van der Waals surface area contributed by atoms with Gasteiger partial charge in [-0.1, -0.05) is 18.2 Å². The Bertz CT molecular complexity index is 1240. The summed E-state index contributed by atoms with van der Waals surface area (Å²) in [5.74, 6) is 0.800. The largest absolute Gasteiger partial charge is 0.497 e. The van der Waals surface area contributed by atoms with E-state index in [9.17, 15) is 0 Å². The summed E-state index contributed by atoms with van der Waals surface area (Å²) in [6, 6.07) is 18.3. The number of para-hydroxylation sites is 1. The number of nitrogens with zero attached hydrogens (tertiary/aromatic N) is 2. The average molecular weight is 325 g/mol. The quantitative estimate of drug-likeness (QED) is 0.500. The van der Waals surface area contributed by atoms with E-state index in [1.807, 2.05) is 42.7 Å². The predicted octanol–water partition coefficient (Wildman–Crippen LogP) is 4.94. The Kier molecular flexibility index (Phi) is 2.97. The molecule has 4 heteroatoms. The topological polar surface area (TPSA) is 50.8 Å². The number of methoxy groups -OCH3 is 1. The fraction of sp³-hybridized carbons (Fsp3) is 0.0476. The van der Waals surface area contributed by atoms with Crippen LogP contribution in [0.1, 0.15) is 0 Å². The predicted molar refractivity (Wildman–Crippen MR) is 101 cm³/mol. The van der Waals surface area contributed by atoms with Crippen molar-refractivity contribution in [3.63, 3.8) is 0 Å². The van der Waals surface area contributed by atoms with E-state index in [2.05, 4.69) is 39.2 Å². The van der Waals surface area contributed by atoms with Crippen LogP contribution < -0.4 is 4.74 Å². The molecule has 5 aromatic rings. The number of H-pyrrole nitrogens is 1. The molecule has 1 N–H and O–H groups in total. The number of rotatable bonds is 2. The van der Waals surface area contributed by atoms with Gasteiger partial charge < -0.3 is 9.72 Å². The van der Waals surface area contributed by atoms with Gasteiger partial charge in [0.1, 0.15) is 5.75 Å². The molecule has 0 bridgehead atoms. The molecule has 25 heavy (non-hydrogen) atoms. The third-order valence-electron chi connectivity index (χ3n) is 4.63. The molecule has 120 valence electrons. The lowest BCUT2D eigenvalue weighted by Crippen LogP contribution is -1.90. The molecule has 5 rings (SSSR count). The van der Waals surface area contributed by atoms with Crippen LogP contribution in [0.5, 0.6) is 5.75 Å². The molecule has 0 saturated carbocycles. The molecule has 0 spiro atoms. The van der Waals surface area contributed by atoms with E-state index >= 15 is 0 Å². The van der Waals surface area contributed by atoms with Gasteiger partial charge in [0.25, 0.3) is 0 Å². The molecule has 0 amide bonds. The van der Waals surface area contributed by atoms with Gasteiger partial charge in [-0.2, -0.15) is 0 Å². The minimum Gasteiger partial charge on any atom is -0.497 e. The van der Waals surface area contributed by atoms with Crippen LogP contribution in [0.15, 0.2) is 67.0 Å². The Hall–Kier alpha value is -3.40. The Morgan fingerprint density at radius 3 is 2.64 bits per heavy atom. The van der Waals surface area contributed by atoms with Gasteiger partial charge in [0, 0.05) is 45.7 Å². The highest BCUT2D eigenvalue weighted by Gasteiger charge is 2.13.